The van der Waals surface area contributed by atoms with Crippen molar-refractivity contribution in [3.05, 3.63) is 102 Å². The van der Waals surface area contributed by atoms with Gasteiger partial charge in [-0.25, -0.2) is 4.79 Å². The molecule has 1 heterocycles. The summed E-state index contributed by atoms with van der Waals surface area (Å²) in [5.41, 5.74) is 5.87. The van der Waals surface area contributed by atoms with Gasteiger partial charge in [0, 0.05) is 11.3 Å². The van der Waals surface area contributed by atoms with Crippen molar-refractivity contribution in [2.75, 3.05) is 13.2 Å². The number of para-hydroxylation sites is 1. The van der Waals surface area contributed by atoms with Crippen molar-refractivity contribution < 1.29 is 19.4 Å². The molecule has 6 nitrogen and oxygen atoms in total. The molecular formula is C27H22N2O4. The standard InChI is InChI=1S/C27H22N2O4/c30-26(31)16-29(15-19-14-13-18-7-1-6-12-25(18)28-19)27(32)33-17-24-22-10-4-2-8-20(22)21-9-3-5-11-23(21)24/h1-14,24H,15-17H2,(H,30,31). The quantitative estimate of drug-likeness (QED) is 0.455. The van der Waals surface area contributed by atoms with E-state index in [2.05, 4.69) is 17.1 Å². The van der Waals surface area contributed by atoms with Gasteiger partial charge in [-0.15, -0.1) is 0 Å². The summed E-state index contributed by atoms with van der Waals surface area (Å²) in [7, 11) is 0. The van der Waals surface area contributed by atoms with Crippen molar-refractivity contribution in [3.8, 4) is 11.1 Å². The zero-order valence-corrected chi connectivity index (χ0v) is 17.8. The molecule has 33 heavy (non-hydrogen) atoms. The van der Waals surface area contributed by atoms with Crippen molar-refractivity contribution in [1.29, 1.82) is 0 Å². The number of fused-ring (bicyclic) bond motifs is 4. The molecule has 0 bridgehead atoms. The summed E-state index contributed by atoms with van der Waals surface area (Å²) in [6.07, 6.45) is -0.672. The van der Waals surface area contributed by atoms with Gasteiger partial charge in [0.15, 0.2) is 0 Å². The van der Waals surface area contributed by atoms with Crippen molar-refractivity contribution in [2.24, 2.45) is 0 Å². The van der Waals surface area contributed by atoms with Crippen LogP contribution >= 0.6 is 0 Å². The summed E-state index contributed by atoms with van der Waals surface area (Å²) >= 11 is 0. The third kappa shape index (κ3) is 4.15. The Morgan fingerprint density at radius 1 is 0.848 bits per heavy atom. The first-order chi connectivity index (χ1) is 16.1. The van der Waals surface area contributed by atoms with Gasteiger partial charge in [-0.05, 0) is 34.4 Å². The van der Waals surface area contributed by atoms with Crippen LogP contribution < -0.4 is 0 Å². The Morgan fingerprint density at radius 2 is 1.48 bits per heavy atom. The average molecular weight is 438 g/mol. The van der Waals surface area contributed by atoms with E-state index in [0.717, 1.165) is 33.2 Å². The Hall–Kier alpha value is -4.19. The second kappa shape index (κ2) is 8.74. The molecule has 164 valence electrons. The molecule has 0 aliphatic heterocycles. The Bertz CT molecular complexity index is 1310. The molecule has 0 saturated carbocycles. The van der Waals surface area contributed by atoms with Crippen LogP contribution in [0.1, 0.15) is 22.7 Å². The number of carbonyl (C=O) groups is 2. The number of carboxylic acid groups (broad SMARTS) is 1. The predicted octanol–water partition coefficient (Wildman–Crippen LogP) is 5.07. The number of nitrogens with zero attached hydrogens (tertiary/aromatic N) is 2. The molecular weight excluding hydrogens is 416 g/mol. The number of amides is 1. The number of aromatic nitrogens is 1. The fourth-order valence-electron chi connectivity index (χ4n) is 4.43. The molecule has 1 N–H and O–H groups in total. The first kappa shape index (κ1) is 20.7. The summed E-state index contributed by atoms with van der Waals surface area (Å²) in [6.45, 7) is -0.285. The highest BCUT2D eigenvalue weighted by Gasteiger charge is 2.30. The maximum Gasteiger partial charge on any atom is 0.410 e. The van der Waals surface area contributed by atoms with E-state index in [9.17, 15) is 14.7 Å². The lowest BCUT2D eigenvalue weighted by Gasteiger charge is -2.22. The summed E-state index contributed by atoms with van der Waals surface area (Å²) in [6, 6.07) is 27.5. The number of carboxylic acids is 1. The molecule has 0 unspecified atom stereocenters. The van der Waals surface area contributed by atoms with E-state index in [4.69, 9.17) is 4.74 Å². The van der Waals surface area contributed by atoms with E-state index in [1.807, 2.05) is 66.7 Å². The first-order valence-corrected chi connectivity index (χ1v) is 10.8. The molecule has 4 aromatic rings. The van der Waals surface area contributed by atoms with Gasteiger partial charge in [0.25, 0.3) is 0 Å². The summed E-state index contributed by atoms with van der Waals surface area (Å²) in [5, 5.41) is 10.3. The van der Waals surface area contributed by atoms with E-state index in [1.165, 1.54) is 4.90 Å². The monoisotopic (exact) mass is 438 g/mol. The number of ether oxygens (including phenoxy) is 1. The van der Waals surface area contributed by atoms with Gasteiger partial charge in [-0.2, -0.15) is 0 Å². The fourth-order valence-corrected chi connectivity index (χ4v) is 4.43. The molecule has 5 rings (SSSR count). The Balaban J connectivity index is 1.34. The molecule has 0 fully saturated rings. The highest BCUT2D eigenvalue weighted by molar-refractivity contribution is 5.80. The van der Waals surface area contributed by atoms with Crippen LogP contribution in [0.2, 0.25) is 0 Å². The van der Waals surface area contributed by atoms with Crippen molar-refractivity contribution in [3.63, 3.8) is 0 Å². The van der Waals surface area contributed by atoms with Crippen LogP contribution in [-0.4, -0.2) is 40.2 Å². The lowest BCUT2D eigenvalue weighted by molar-refractivity contribution is -0.138. The van der Waals surface area contributed by atoms with Gasteiger partial charge in [0.05, 0.1) is 17.8 Å². The zero-order valence-electron chi connectivity index (χ0n) is 17.8. The maximum absolute atomic E-state index is 12.9. The van der Waals surface area contributed by atoms with E-state index < -0.39 is 18.6 Å². The van der Waals surface area contributed by atoms with Gasteiger partial charge in [0.1, 0.15) is 13.2 Å². The second-order valence-electron chi connectivity index (χ2n) is 8.05. The number of hydrogen-bond donors (Lipinski definition) is 1. The van der Waals surface area contributed by atoms with Crippen LogP contribution in [0.5, 0.6) is 0 Å². The maximum atomic E-state index is 12.9. The lowest BCUT2D eigenvalue weighted by Crippen LogP contribution is -2.36. The van der Waals surface area contributed by atoms with Gasteiger partial charge in [-0.3, -0.25) is 14.7 Å². The van der Waals surface area contributed by atoms with Crippen LogP contribution in [0.25, 0.3) is 22.0 Å². The largest absolute Gasteiger partial charge is 0.480 e. The number of benzene rings is 3. The Morgan fingerprint density at radius 3 is 2.18 bits per heavy atom. The Kier molecular flexibility index (Phi) is 5.48. The van der Waals surface area contributed by atoms with Crippen molar-refractivity contribution in [2.45, 2.75) is 12.5 Å². The SMILES string of the molecule is O=C(O)CN(Cc1ccc2ccccc2n1)C(=O)OCC1c2ccccc2-c2ccccc21. The van der Waals surface area contributed by atoms with Crippen LogP contribution in [0.15, 0.2) is 84.9 Å². The number of aliphatic carboxylic acids is 1. The molecule has 0 saturated heterocycles. The van der Waals surface area contributed by atoms with E-state index in [0.29, 0.717) is 5.69 Å². The normalized spacial score (nSPS) is 12.2. The summed E-state index contributed by atoms with van der Waals surface area (Å²) in [4.78, 5) is 30.1. The van der Waals surface area contributed by atoms with Crippen molar-refractivity contribution >= 4 is 23.0 Å². The average Bonchev–Trinajstić information content (AvgIpc) is 3.15. The van der Waals surface area contributed by atoms with Gasteiger partial charge < -0.3 is 9.84 Å². The lowest BCUT2D eigenvalue weighted by atomic mass is 9.98. The van der Waals surface area contributed by atoms with E-state index >= 15 is 0 Å². The topological polar surface area (TPSA) is 79.7 Å². The summed E-state index contributed by atoms with van der Waals surface area (Å²) in [5.74, 6) is -1.20. The number of rotatable bonds is 6. The molecule has 1 amide bonds. The van der Waals surface area contributed by atoms with Gasteiger partial charge in [0.2, 0.25) is 0 Å². The fraction of sp³-hybridized carbons (Fsp3) is 0.148. The van der Waals surface area contributed by atoms with Crippen LogP contribution in [0.3, 0.4) is 0 Å². The van der Waals surface area contributed by atoms with E-state index in [-0.39, 0.29) is 19.1 Å². The van der Waals surface area contributed by atoms with E-state index in [1.54, 1.807) is 6.07 Å². The minimum atomic E-state index is -1.11. The smallest absolute Gasteiger partial charge is 0.410 e. The minimum absolute atomic E-state index is 0.0494. The number of hydrogen-bond acceptors (Lipinski definition) is 4. The molecule has 0 atom stereocenters. The highest BCUT2D eigenvalue weighted by Crippen LogP contribution is 2.44. The third-order valence-electron chi connectivity index (χ3n) is 5.93. The number of pyridine rings is 1. The molecule has 0 radical (unpaired) electrons. The van der Waals surface area contributed by atoms with Gasteiger partial charge >= 0.3 is 12.1 Å². The molecule has 6 heteroatoms. The third-order valence-corrected chi connectivity index (χ3v) is 5.93. The molecule has 0 spiro atoms. The summed E-state index contributed by atoms with van der Waals surface area (Å²) < 4.78 is 5.66. The molecule has 1 aliphatic rings. The van der Waals surface area contributed by atoms with Crippen molar-refractivity contribution in [1.82, 2.24) is 9.88 Å². The molecule has 1 aliphatic carbocycles. The number of carbonyl (C=O) groups excluding carboxylic acids is 1. The minimum Gasteiger partial charge on any atom is -0.480 e. The van der Waals surface area contributed by atoms with Crippen LogP contribution in [-0.2, 0) is 16.1 Å². The second-order valence-corrected chi connectivity index (χ2v) is 8.05. The predicted molar refractivity (Wildman–Crippen MR) is 125 cm³/mol. The zero-order chi connectivity index (χ0) is 22.8. The Labute approximate surface area is 191 Å². The first-order valence-electron chi connectivity index (χ1n) is 10.8. The van der Waals surface area contributed by atoms with Crippen LogP contribution in [0, 0.1) is 0 Å². The van der Waals surface area contributed by atoms with Crippen LogP contribution in [0.4, 0.5) is 4.79 Å². The molecule has 3 aromatic carbocycles. The van der Waals surface area contributed by atoms with Gasteiger partial charge in [-0.1, -0.05) is 72.8 Å². The highest BCUT2D eigenvalue weighted by atomic mass is 16.6. The molecule has 1 aromatic heterocycles.